The van der Waals surface area contributed by atoms with Gasteiger partial charge in [-0.05, 0) is 24.7 Å². The molecule has 1 N–H and O–H groups in total. The summed E-state index contributed by atoms with van der Waals surface area (Å²) >= 11 is 0. The third-order valence-electron chi connectivity index (χ3n) is 1.56. The molecule has 0 aliphatic rings. The van der Waals surface area contributed by atoms with E-state index < -0.39 is 5.97 Å². The molecule has 0 bridgehead atoms. The van der Waals surface area contributed by atoms with Crippen molar-refractivity contribution in [2.45, 2.75) is 40.0 Å². The van der Waals surface area contributed by atoms with E-state index in [0.717, 1.165) is 19.3 Å². The van der Waals surface area contributed by atoms with Crippen LogP contribution in [0.3, 0.4) is 0 Å². The molecule has 0 radical (unpaired) electrons. The molecule has 0 aromatic heterocycles. The Labute approximate surface area is 74.3 Å². The molecule has 0 unspecified atom stereocenters. The average molecular weight is 170 g/mol. The first-order valence-electron chi connectivity index (χ1n) is 4.31. The highest BCUT2D eigenvalue weighted by atomic mass is 16.4. The van der Waals surface area contributed by atoms with E-state index in [1.165, 1.54) is 6.08 Å². The Balaban J connectivity index is 3.40. The summed E-state index contributed by atoms with van der Waals surface area (Å²) in [5.74, 6) is -0.856. The van der Waals surface area contributed by atoms with Crippen LogP contribution in [-0.4, -0.2) is 11.1 Å². The van der Waals surface area contributed by atoms with Crippen LogP contribution in [0, 0.1) is 5.41 Å². The number of unbranched alkanes of at least 4 members (excludes halogenated alkanes) is 1. The smallest absolute Gasteiger partial charge is 0.327 e. The van der Waals surface area contributed by atoms with Gasteiger partial charge in [-0.25, -0.2) is 4.79 Å². The first-order chi connectivity index (χ1) is 5.42. The van der Waals surface area contributed by atoms with Crippen molar-refractivity contribution in [1.82, 2.24) is 0 Å². The van der Waals surface area contributed by atoms with Crippen LogP contribution in [-0.2, 0) is 4.79 Å². The lowest BCUT2D eigenvalue weighted by atomic mass is 9.90. The van der Waals surface area contributed by atoms with Crippen molar-refractivity contribution in [1.29, 1.82) is 0 Å². The quantitative estimate of drug-likeness (QED) is 0.520. The van der Waals surface area contributed by atoms with Gasteiger partial charge in [-0.1, -0.05) is 26.8 Å². The second kappa shape index (κ2) is 4.96. The lowest BCUT2D eigenvalue weighted by molar-refractivity contribution is -0.131. The molecular weight excluding hydrogens is 152 g/mol. The molecule has 0 aromatic rings. The number of carboxylic acids is 1. The zero-order chi connectivity index (χ0) is 9.61. The molecule has 2 nitrogen and oxygen atoms in total. The van der Waals surface area contributed by atoms with Crippen molar-refractivity contribution in [2.75, 3.05) is 0 Å². The second-order valence-corrected chi connectivity index (χ2v) is 4.19. The first kappa shape index (κ1) is 11.2. The molecule has 0 saturated carbocycles. The Morgan fingerprint density at radius 3 is 2.42 bits per heavy atom. The molecule has 2 heteroatoms. The van der Waals surface area contributed by atoms with Gasteiger partial charge >= 0.3 is 5.97 Å². The maximum absolute atomic E-state index is 10.1. The first-order valence-corrected chi connectivity index (χ1v) is 4.31. The number of hydrogen-bond donors (Lipinski definition) is 1. The lowest BCUT2D eigenvalue weighted by Crippen LogP contribution is -2.03. The lowest BCUT2D eigenvalue weighted by Gasteiger charge is -2.16. The van der Waals surface area contributed by atoms with Crippen molar-refractivity contribution < 1.29 is 9.90 Å². The van der Waals surface area contributed by atoms with Gasteiger partial charge in [0, 0.05) is 6.08 Å². The molecule has 0 aliphatic heterocycles. The molecule has 0 rings (SSSR count). The zero-order valence-corrected chi connectivity index (χ0v) is 8.13. The number of carboxylic acid groups (broad SMARTS) is 1. The van der Waals surface area contributed by atoms with E-state index in [4.69, 9.17) is 5.11 Å². The van der Waals surface area contributed by atoms with Crippen LogP contribution < -0.4 is 0 Å². The Hall–Kier alpha value is -0.790. The fourth-order valence-electron chi connectivity index (χ4n) is 0.934. The van der Waals surface area contributed by atoms with E-state index in [0.29, 0.717) is 5.41 Å². The summed E-state index contributed by atoms with van der Waals surface area (Å²) in [7, 11) is 0. The van der Waals surface area contributed by atoms with E-state index in [1.54, 1.807) is 6.08 Å². The molecule has 0 aromatic carbocycles. The van der Waals surface area contributed by atoms with Crippen LogP contribution in [0.25, 0.3) is 0 Å². The molecular formula is C10H18O2. The number of aliphatic carboxylic acids is 1. The maximum atomic E-state index is 10.1. The average Bonchev–Trinajstić information content (AvgIpc) is 1.83. The standard InChI is InChI=1S/C10H18O2/c1-10(2,3)8-6-4-5-7-9(11)12/h5,7H,4,6,8H2,1-3H3,(H,11,12). The maximum Gasteiger partial charge on any atom is 0.327 e. The summed E-state index contributed by atoms with van der Waals surface area (Å²) in [6.45, 7) is 6.57. The Morgan fingerprint density at radius 1 is 1.42 bits per heavy atom. The van der Waals surface area contributed by atoms with Crippen LogP contribution in [0.15, 0.2) is 12.2 Å². The molecule has 0 saturated heterocycles. The third-order valence-corrected chi connectivity index (χ3v) is 1.56. The van der Waals surface area contributed by atoms with E-state index in [9.17, 15) is 4.79 Å². The largest absolute Gasteiger partial charge is 0.478 e. The normalized spacial score (nSPS) is 12.2. The van der Waals surface area contributed by atoms with Crippen molar-refractivity contribution in [2.24, 2.45) is 5.41 Å². The van der Waals surface area contributed by atoms with Crippen LogP contribution in [0.2, 0.25) is 0 Å². The minimum atomic E-state index is -0.856. The molecule has 12 heavy (non-hydrogen) atoms. The van der Waals surface area contributed by atoms with Crippen molar-refractivity contribution >= 4 is 5.97 Å². The summed E-state index contributed by atoms with van der Waals surface area (Å²) < 4.78 is 0. The van der Waals surface area contributed by atoms with Gasteiger partial charge in [-0.15, -0.1) is 0 Å². The summed E-state index contributed by atoms with van der Waals surface area (Å²) in [4.78, 5) is 10.1. The van der Waals surface area contributed by atoms with Gasteiger partial charge in [0.1, 0.15) is 0 Å². The molecule has 0 amide bonds. The number of allylic oxidation sites excluding steroid dienone is 1. The highest BCUT2D eigenvalue weighted by molar-refractivity contribution is 5.79. The predicted molar refractivity (Wildman–Crippen MR) is 50.1 cm³/mol. The summed E-state index contributed by atoms with van der Waals surface area (Å²) in [6, 6.07) is 0. The summed E-state index contributed by atoms with van der Waals surface area (Å²) in [6.07, 6.45) is 5.99. The van der Waals surface area contributed by atoms with Crippen LogP contribution >= 0.6 is 0 Å². The van der Waals surface area contributed by atoms with Crippen molar-refractivity contribution in [3.05, 3.63) is 12.2 Å². The van der Waals surface area contributed by atoms with Crippen LogP contribution in [0.1, 0.15) is 40.0 Å². The van der Waals surface area contributed by atoms with Crippen LogP contribution in [0.5, 0.6) is 0 Å². The van der Waals surface area contributed by atoms with Crippen molar-refractivity contribution in [3.8, 4) is 0 Å². The van der Waals surface area contributed by atoms with Gasteiger partial charge in [0.2, 0.25) is 0 Å². The number of hydrogen-bond acceptors (Lipinski definition) is 1. The topological polar surface area (TPSA) is 37.3 Å². The fraction of sp³-hybridized carbons (Fsp3) is 0.700. The van der Waals surface area contributed by atoms with Crippen molar-refractivity contribution in [3.63, 3.8) is 0 Å². The van der Waals surface area contributed by atoms with Gasteiger partial charge in [0.25, 0.3) is 0 Å². The van der Waals surface area contributed by atoms with Gasteiger partial charge in [0.15, 0.2) is 0 Å². The molecule has 0 heterocycles. The highest BCUT2D eigenvalue weighted by Gasteiger charge is 2.07. The summed E-state index contributed by atoms with van der Waals surface area (Å²) in [5.41, 5.74) is 0.358. The predicted octanol–water partition coefficient (Wildman–Crippen LogP) is 2.84. The summed E-state index contributed by atoms with van der Waals surface area (Å²) in [5, 5.41) is 8.29. The van der Waals surface area contributed by atoms with Crippen LogP contribution in [0.4, 0.5) is 0 Å². The molecule has 0 spiro atoms. The minimum absolute atomic E-state index is 0.358. The Bertz CT molecular complexity index is 163. The third kappa shape index (κ3) is 9.21. The van der Waals surface area contributed by atoms with E-state index >= 15 is 0 Å². The highest BCUT2D eigenvalue weighted by Crippen LogP contribution is 2.21. The van der Waals surface area contributed by atoms with E-state index in [2.05, 4.69) is 20.8 Å². The fourth-order valence-corrected chi connectivity index (χ4v) is 0.934. The molecule has 0 aliphatic carbocycles. The van der Waals surface area contributed by atoms with Gasteiger partial charge in [-0.2, -0.15) is 0 Å². The minimum Gasteiger partial charge on any atom is -0.478 e. The van der Waals surface area contributed by atoms with Gasteiger partial charge in [0.05, 0.1) is 0 Å². The Kier molecular flexibility index (Phi) is 4.64. The monoisotopic (exact) mass is 170 g/mol. The van der Waals surface area contributed by atoms with Gasteiger partial charge in [-0.3, -0.25) is 0 Å². The van der Waals surface area contributed by atoms with Gasteiger partial charge < -0.3 is 5.11 Å². The number of rotatable bonds is 4. The molecule has 0 atom stereocenters. The molecule has 70 valence electrons. The SMILES string of the molecule is CC(C)(C)CCCC=CC(=O)O. The molecule has 0 fully saturated rings. The second-order valence-electron chi connectivity index (χ2n) is 4.19. The van der Waals surface area contributed by atoms with E-state index in [1.807, 2.05) is 0 Å². The Morgan fingerprint density at radius 2 is 2.00 bits per heavy atom. The van der Waals surface area contributed by atoms with E-state index in [-0.39, 0.29) is 0 Å². The number of carbonyl (C=O) groups is 1. The zero-order valence-electron chi connectivity index (χ0n) is 8.13.